The van der Waals surface area contributed by atoms with E-state index in [0.29, 0.717) is 6.42 Å². The SMILES string of the molecule is CC(CCNC(=O)OCC1c2ccccc2-c2ccccc21)C(=O)N[C@@H](CCO)C(=O)O. The molecule has 0 bridgehead atoms. The van der Waals surface area contributed by atoms with Gasteiger partial charge >= 0.3 is 12.1 Å². The molecule has 0 saturated heterocycles. The van der Waals surface area contributed by atoms with E-state index in [1.807, 2.05) is 36.4 Å². The molecule has 2 aromatic rings. The molecule has 32 heavy (non-hydrogen) atoms. The minimum absolute atomic E-state index is 0.0303. The summed E-state index contributed by atoms with van der Waals surface area (Å²) in [6, 6.07) is 15.0. The fourth-order valence-corrected chi connectivity index (χ4v) is 3.87. The molecule has 2 aromatic carbocycles. The number of hydrogen-bond donors (Lipinski definition) is 4. The van der Waals surface area contributed by atoms with Crippen molar-refractivity contribution >= 4 is 18.0 Å². The number of alkyl carbamates (subject to hydrolysis) is 1. The Morgan fingerprint density at radius 3 is 2.16 bits per heavy atom. The van der Waals surface area contributed by atoms with Gasteiger partial charge in [0.25, 0.3) is 0 Å². The number of aliphatic hydroxyl groups is 1. The molecule has 3 rings (SSSR count). The number of carbonyl (C=O) groups is 3. The molecule has 1 aliphatic rings. The summed E-state index contributed by atoms with van der Waals surface area (Å²) in [5, 5.41) is 23.0. The Morgan fingerprint density at radius 1 is 1.00 bits per heavy atom. The number of carbonyl (C=O) groups excluding carboxylic acids is 2. The predicted octanol–water partition coefficient (Wildman–Crippen LogP) is 2.50. The largest absolute Gasteiger partial charge is 0.480 e. The molecule has 2 amide bonds. The lowest BCUT2D eigenvalue weighted by atomic mass is 9.98. The zero-order chi connectivity index (χ0) is 23.1. The summed E-state index contributed by atoms with van der Waals surface area (Å²) in [4.78, 5) is 35.4. The molecule has 0 saturated carbocycles. The topological polar surface area (TPSA) is 125 Å². The van der Waals surface area contributed by atoms with Gasteiger partial charge in [-0.1, -0.05) is 55.5 Å². The molecule has 1 unspecified atom stereocenters. The van der Waals surface area contributed by atoms with E-state index in [1.54, 1.807) is 6.92 Å². The molecule has 8 heteroatoms. The second kappa shape index (κ2) is 10.8. The van der Waals surface area contributed by atoms with Crippen molar-refractivity contribution in [3.05, 3.63) is 59.7 Å². The van der Waals surface area contributed by atoms with Crippen LogP contribution in [0.2, 0.25) is 0 Å². The van der Waals surface area contributed by atoms with E-state index in [0.717, 1.165) is 22.3 Å². The van der Waals surface area contributed by atoms with E-state index in [4.69, 9.17) is 14.9 Å². The number of benzene rings is 2. The zero-order valence-electron chi connectivity index (χ0n) is 17.9. The molecule has 2 atom stereocenters. The van der Waals surface area contributed by atoms with E-state index in [-0.39, 0.29) is 32.1 Å². The number of amides is 2. The number of carboxylic acids is 1. The van der Waals surface area contributed by atoms with Gasteiger partial charge in [0.15, 0.2) is 0 Å². The van der Waals surface area contributed by atoms with Crippen LogP contribution < -0.4 is 10.6 Å². The summed E-state index contributed by atoms with van der Waals surface area (Å²) in [5.74, 6) is -2.18. The van der Waals surface area contributed by atoms with E-state index in [2.05, 4.69) is 22.8 Å². The van der Waals surface area contributed by atoms with Gasteiger partial charge in [-0.2, -0.15) is 0 Å². The first-order valence-corrected chi connectivity index (χ1v) is 10.6. The Balaban J connectivity index is 1.46. The normalized spacial score (nSPS) is 14.1. The van der Waals surface area contributed by atoms with Crippen molar-refractivity contribution in [3.63, 3.8) is 0 Å². The number of aliphatic carboxylic acids is 1. The molecule has 0 heterocycles. The van der Waals surface area contributed by atoms with Gasteiger partial charge in [-0.05, 0) is 28.7 Å². The van der Waals surface area contributed by atoms with Gasteiger partial charge in [-0.15, -0.1) is 0 Å². The maximum absolute atomic E-state index is 12.2. The molecular formula is C24H28N2O6. The Kier molecular flexibility index (Phi) is 7.83. The molecule has 8 nitrogen and oxygen atoms in total. The predicted molar refractivity (Wildman–Crippen MR) is 118 cm³/mol. The monoisotopic (exact) mass is 440 g/mol. The molecule has 0 fully saturated rings. The lowest BCUT2D eigenvalue weighted by Gasteiger charge is -2.17. The van der Waals surface area contributed by atoms with Crippen molar-refractivity contribution in [1.29, 1.82) is 0 Å². The first kappa shape index (κ1) is 23.3. The van der Waals surface area contributed by atoms with Gasteiger partial charge in [0, 0.05) is 31.4 Å². The van der Waals surface area contributed by atoms with E-state index in [9.17, 15) is 14.4 Å². The van der Waals surface area contributed by atoms with Crippen LogP contribution in [-0.2, 0) is 14.3 Å². The van der Waals surface area contributed by atoms with Crippen LogP contribution in [0.25, 0.3) is 11.1 Å². The highest BCUT2D eigenvalue weighted by molar-refractivity contribution is 5.84. The third-order valence-electron chi connectivity index (χ3n) is 5.67. The fraction of sp³-hybridized carbons (Fsp3) is 0.375. The summed E-state index contributed by atoms with van der Waals surface area (Å²) in [6.07, 6.45) is -0.309. The van der Waals surface area contributed by atoms with Crippen LogP contribution in [0, 0.1) is 5.92 Å². The second-order valence-corrected chi connectivity index (χ2v) is 7.85. The fourth-order valence-electron chi connectivity index (χ4n) is 3.87. The molecule has 0 aromatic heterocycles. The maximum atomic E-state index is 12.2. The van der Waals surface area contributed by atoms with Crippen LogP contribution in [0.4, 0.5) is 4.79 Å². The summed E-state index contributed by atoms with van der Waals surface area (Å²) in [6.45, 7) is 1.72. The van der Waals surface area contributed by atoms with E-state index in [1.165, 1.54) is 0 Å². The van der Waals surface area contributed by atoms with Crippen molar-refractivity contribution in [2.24, 2.45) is 5.92 Å². The average molecular weight is 440 g/mol. The van der Waals surface area contributed by atoms with Crippen molar-refractivity contribution in [2.45, 2.75) is 31.7 Å². The summed E-state index contributed by atoms with van der Waals surface area (Å²) >= 11 is 0. The number of ether oxygens (including phenoxy) is 1. The Labute approximate surface area is 186 Å². The van der Waals surface area contributed by atoms with Gasteiger partial charge in [0.05, 0.1) is 0 Å². The van der Waals surface area contributed by atoms with Crippen LogP contribution in [0.3, 0.4) is 0 Å². The number of fused-ring (bicyclic) bond motifs is 3. The van der Waals surface area contributed by atoms with Gasteiger partial charge < -0.3 is 25.6 Å². The standard InChI is InChI=1S/C24H28N2O6/c1-15(22(28)26-21(11-13-27)23(29)30)10-12-25-24(31)32-14-20-18-8-4-2-6-16(18)17-7-3-5-9-19(17)20/h2-9,15,20-21,27H,10-14H2,1H3,(H,25,31)(H,26,28)(H,29,30)/t15?,21-/m0/s1. The van der Waals surface area contributed by atoms with Crippen molar-refractivity contribution in [2.75, 3.05) is 19.8 Å². The van der Waals surface area contributed by atoms with Gasteiger partial charge in [0.2, 0.25) is 5.91 Å². The van der Waals surface area contributed by atoms with E-state index >= 15 is 0 Å². The molecule has 0 radical (unpaired) electrons. The van der Waals surface area contributed by atoms with Crippen molar-refractivity contribution in [3.8, 4) is 11.1 Å². The highest BCUT2D eigenvalue weighted by atomic mass is 16.5. The summed E-state index contributed by atoms with van der Waals surface area (Å²) in [5.41, 5.74) is 4.56. The Morgan fingerprint density at radius 2 is 1.59 bits per heavy atom. The average Bonchev–Trinajstić information content (AvgIpc) is 3.11. The van der Waals surface area contributed by atoms with Crippen LogP contribution in [0.5, 0.6) is 0 Å². The Bertz CT molecular complexity index is 931. The maximum Gasteiger partial charge on any atom is 0.407 e. The third kappa shape index (κ3) is 5.45. The molecule has 0 spiro atoms. The molecule has 0 aliphatic heterocycles. The molecule has 4 N–H and O–H groups in total. The molecule has 170 valence electrons. The summed E-state index contributed by atoms with van der Waals surface area (Å²) < 4.78 is 5.45. The van der Waals surface area contributed by atoms with Crippen LogP contribution in [0.1, 0.15) is 36.8 Å². The number of carboxylic acid groups (broad SMARTS) is 1. The molecule has 1 aliphatic carbocycles. The van der Waals surface area contributed by atoms with Crippen LogP contribution in [-0.4, -0.2) is 54.0 Å². The van der Waals surface area contributed by atoms with Crippen molar-refractivity contribution < 1.29 is 29.3 Å². The number of rotatable bonds is 10. The minimum Gasteiger partial charge on any atom is -0.480 e. The highest BCUT2D eigenvalue weighted by Gasteiger charge is 2.29. The first-order valence-electron chi connectivity index (χ1n) is 10.6. The lowest BCUT2D eigenvalue weighted by Crippen LogP contribution is -2.44. The first-order chi connectivity index (χ1) is 15.4. The van der Waals surface area contributed by atoms with Crippen LogP contribution in [0.15, 0.2) is 48.5 Å². The summed E-state index contributed by atoms with van der Waals surface area (Å²) in [7, 11) is 0. The quantitative estimate of drug-likeness (QED) is 0.450. The zero-order valence-corrected chi connectivity index (χ0v) is 17.9. The lowest BCUT2D eigenvalue weighted by molar-refractivity contribution is -0.142. The second-order valence-electron chi connectivity index (χ2n) is 7.85. The van der Waals surface area contributed by atoms with E-state index < -0.39 is 29.9 Å². The Hall–Kier alpha value is -3.39. The van der Waals surface area contributed by atoms with Crippen LogP contribution >= 0.6 is 0 Å². The van der Waals surface area contributed by atoms with Gasteiger partial charge in [-0.25, -0.2) is 9.59 Å². The smallest absolute Gasteiger partial charge is 0.407 e. The number of aliphatic hydroxyl groups excluding tert-OH is 1. The van der Waals surface area contributed by atoms with Crippen molar-refractivity contribution in [1.82, 2.24) is 10.6 Å². The molecular weight excluding hydrogens is 412 g/mol. The number of hydrogen-bond acceptors (Lipinski definition) is 5. The van der Waals surface area contributed by atoms with Gasteiger partial charge in [-0.3, -0.25) is 4.79 Å². The van der Waals surface area contributed by atoms with Gasteiger partial charge in [0.1, 0.15) is 12.6 Å². The minimum atomic E-state index is -1.20. The third-order valence-corrected chi connectivity index (χ3v) is 5.67. The number of nitrogens with one attached hydrogen (secondary N) is 2. The highest BCUT2D eigenvalue weighted by Crippen LogP contribution is 2.44.